The van der Waals surface area contributed by atoms with E-state index in [0.717, 1.165) is 18.4 Å². The summed E-state index contributed by atoms with van der Waals surface area (Å²) in [7, 11) is 0. The third kappa shape index (κ3) is 4.41. The van der Waals surface area contributed by atoms with Gasteiger partial charge in [0, 0.05) is 11.9 Å². The third-order valence-corrected chi connectivity index (χ3v) is 3.79. The molecule has 94 valence electrons. The number of rotatable bonds is 6. The van der Waals surface area contributed by atoms with Crippen LogP contribution in [0.2, 0.25) is 0 Å². The lowest BCUT2D eigenvalue weighted by Crippen LogP contribution is -2.14. The molecule has 2 atom stereocenters. The minimum atomic E-state index is 0.397. The summed E-state index contributed by atoms with van der Waals surface area (Å²) in [4.78, 5) is 0. The van der Waals surface area contributed by atoms with Crippen LogP contribution in [-0.4, -0.2) is 24.1 Å². The molecule has 0 radical (unpaired) electrons. The maximum atomic E-state index is 5.84. The molecule has 1 fully saturated rings. The fraction of sp³-hybridized carbons (Fsp3) is 0.571. The van der Waals surface area contributed by atoms with E-state index in [2.05, 4.69) is 28.1 Å². The van der Waals surface area contributed by atoms with E-state index < -0.39 is 0 Å². The van der Waals surface area contributed by atoms with Crippen molar-refractivity contribution in [3.63, 3.8) is 0 Å². The molecular formula is C14H19BrO2. The van der Waals surface area contributed by atoms with Gasteiger partial charge in [0.2, 0.25) is 0 Å². The molecule has 1 saturated heterocycles. The van der Waals surface area contributed by atoms with Gasteiger partial charge in [-0.2, -0.15) is 0 Å². The molecule has 17 heavy (non-hydrogen) atoms. The van der Waals surface area contributed by atoms with E-state index in [9.17, 15) is 0 Å². The molecular weight excluding hydrogens is 280 g/mol. The van der Waals surface area contributed by atoms with Crippen LogP contribution in [-0.2, 0) is 16.1 Å². The number of halogens is 1. The Balaban J connectivity index is 1.58. The monoisotopic (exact) mass is 298 g/mol. The molecule has 1 aliphatic rings. The lowest BCUT2D eigenvalue weighted by molar-refractivity contribution is 0.0255. The zero-order valence-corrected chi connectivity index (χ0v) is 11.6. The Morgan fingerprint density at radius 2 is 1.94 bits per heavy atom. The first-order chi connectivity index (χ1) is 8.38. The zero-order valence-electron chi connectivity index (χ0n) is 9.98. The molecule has 2 rings (SSSR count). The highest BCUT2D eigenvalue weighted by molar-refractivity contribution is 9.09. The molecule has 0 saturated carbocycles. The normalized spacial score (nSPS) is 24.1. The van der Waals surface area contributed by atoms with Gasteiger partial charge in [0.15, 0.2) is 0 Å². The van der Waals surface area contributed by atoms with E-state index in [0.29, 0.717) is 18.8 Å². The van der Waals surface area contributed by atoms with Crippen molar-refractivity contribution in [3.05, 3.63) is 35.9 Å². The van der Waals surface area contributed by atoms with Crippen molar-refractivity contribution in [1.29, 1.82) is 0 Å². The van der Waals surface area contributed by atoms with Gasteiger partial charge in [-0.1, -0.05) is 46.3 Å². The molecule has 1 aliphatic heterocycles. The Kier molecular flexibility index (Phi) is 5.49. The number of ether oxygens (including phenoxy) is 2. The van der Waals surface area contributed by atoms with Crippen LogP contribution in [0, 0.1) is 0 Å². The fourth-order valence-electron chi connectivity index (χ4n) is 2.08. The summed E-state index contributed by atoms with van der Waals surface area (Å²) in [5, 5.41) is 0.953. The molecule has 0 bridgehead atoms. The summed E-state index contributed by atoms with van der Waals surface area (Å²) >= 11 is 3.46. The smallest absolute Gasteiger partial charge is 0.0716 e. The van der Waals surface area contributed by atoms with Crippen LogP contribution >= 0.6 is 15.9 Å². The Hall–Kier alpha value is -0.380. The molecule has 2 nitrogen and oxygen atoms in total. The summed E-state index contributed by atoms with van der Waals surface area (Å²) in [6, 6.07) is 10.3. The van der Waals surface area contributed by atoms with Crippen LogP contribution in [0.3, 0.4) is 0 Å². The van der Waals surface area contributed by atoms with Gasteiger partial charge in [-0.15, -0.1) is 0 Å². The van der Waals surface area contributed by atoms with E-state index >= 15 is 0 Å². The highest BCUT2D eigenvalue weighted by Crippen LogP contribution is 2.23. The second-order valence-electron chi connectivity index (χ2n) is 4.44. The van der Waals surface area contributed by atoms with Crippen LogP contribution in [0.5, 0.6) is 0 Å². The van der Waals surface area contributed by atoms with Crippen molar-refractivity contribution in [2.75, 3.05) is 11.9 Å². The number of benzene rings is 1. The minimum Gasteiger partial charge on any atom is -0.377 e. The predicted octanol–water partition coefficient (Wildman–Crippen LogP) is 3.54. The van der Waals surface area contributed by atoms with Gasteiger partial charge in [0.25, 0.3) is 0 Å². The van der Waals surface area contributed by atoms with Crippen molar-refractivity contribution in [2.45, 2.75) is 38.1 Å². The van der Waals surface area contributed by atoms with Gasteiger partial charge in [0.05, 0.1) is 18.8 Å². The lowest BCUT2D eigenvalue weighted by Gasteiger charge is -2.12. The van der Waals surface area contributed by atoms with Crippen molar-refractivity contribution in [1.82, 2.24) is 0 Å². The van der Waals surface area contributed by atoms with Gasteiger partial charge < -0.3 is 9.47 Å². The molecule has 0 amide bonds. The van der Waals surface area contributed by atoms with E-state index in [1.54, 1.807) is 0 Å². The van der Waals surface area contributed by atoms with Crippen molar-refractivity contribution >= 4 is 15.9 Å². The van der Waals surface area contributed by atoms with Gasteiger partial charge in [0.1, 0.15) is 0 Å². The Labute approximate surface area is 111 Å². The SMILES string of the molecule is BrC[C@H]1CC[C@H](CCOCc2ccccc2)O1. The molecule has 1 aromatic carbocycles. The van der Waals surface area contributed by atoms with Crippen molar-refractivity contribution in [2.24, 2.45) is 0 Å². The first kappa shape index (κ1) is 13.1. The summed E-state index contributed by atoms with van der Waals surface area (Å²) in [5.74, 6) is 0. The minimum absolute atomic E-state index is 0.397. The predicted molar refractivity (Wildman–Crippen MR) is 72.4 cm³/mol. The summed E-state index contributed by atoms with van der Waals surface area (Å²) in [6.07, 6.45) is 4.16. The first-order valence-electron chi connectivity index (χ1n) is 6.21. The fourth-order valence-corrected chi connectivity index (χ4v) is 2.56. The van der Waals surface area contributed by atoms with Crippen LogP contribution in [0.1, 0.15) is 24.8 Å². The number of hydrogen-bond donors (Lipinski definition) is 0. The van der Waals surface area contributed by atoms with Crippen LogP contribution in [0.4, 0.5) is 0 Å². The van der Waals surface area contributed by atoms with Crippen LogP contribution in [0.25, 0.3) is 0 Å². The van der Waals surface area contributed by atoms with Gasteiger partial charge in [-0.05, 0) is 24.8 Å². The van der Waals surface area contributed by atoms with Gasteiger partial charge >= 0.3 is 0 Å². The quantitative estimate of drug-likeness (QED) is 0.591. The molecule has 0 spiro atoms. The molecule has 3 heteroatoms. The van der Waals surface area contributed by atoms with Crippen molar-refractivity contribution in [3.8, 4) is 0 Å². The van der Waals surface area contributed by atoms with Crippen LogP contribution in [0.15, 0.2) is 30.3 Å². The summed E-state index contributed by atoms with van der Waals surface area (Å²) < 4.78 is 11.5. The molecule has 1 aromatic rings. The summed E-state index contributed by atoms with van der Waals surface area (Å²) in [5.41, 5.74) is 1.23. The largest absolute Gasteiger partial charge is 0.377 e. The van der Waals surface area contributed by atoms with E-state index in [4.69, 9.17) is 9.47 Å². The van der Waals surface area contributed by atoms with Crippen molar-refractivity contribution < 1.29 is 9.47 Å². The topological polar surface area (TPSA) is 18.5 Å². The molecule has 0 aromatic heterocycles. The van der Waals surface area contributed by atoms with E-state index in [-0.39, 0.29) is 0 Å². The second kappa shape index (κ2) is 7.14. The van der Waals surface area contributed by atoms with Gasteiger partial charge in [-0.3, -0.25) is 0 Å². The molecule has 0 aliphatic carbocycles. The molecule has 1 heterocycles. The average Bonchev–Trinajstić information content (AvgIpc) is 2.84. The first-order valence-corrected chi connectivity index (χ1v) is 7.33. The van der Waals surface area contributed by atoms with E-state index in [1.165, 1.54) is 18.4 Å². The van der Waals surface area contributed by atoms with Gasteiger partial charge in [-0.25, -0.2) is 0 Å². The maximum absolute atomic E-state index is 5.84. The summed E-state index contributed by atoms with van der Waals surface area (Å²) in [6.45, 7) is 1.49. The highest BCUT2D eigenvalue weighted by Gasteiger charge is 2.23. The Morgan fingerprint density at radius 3 is 2.65 bits per heavy atom. The molecule has 0 unspecified atom stereocenters. The number of hydrogen-bond acceptors (Lipinski definition) is 2. The Bertz CT molecular complexity index is 315. The zero-order chi connectivity index (χ0) is 11.9. The Morgan fingerprint density at radius 1 is 1.18 bits per heavy atom. The third-order valence-electron chi connectivity index (χ3n) is 3.06. The number of alkyl halides is 1. The average molecular weight is 299 g/mol. The van der Waals surface area contributed by atoms with Crippen LogP contribution < -0.4 is 0 Å². The highest BCUT2D eigenvalue weighted by atomic mass is 79.9. The second-order valence-corrected chi connectivity index (χ2v) is 5.09. The van der Waals surface area contributed by atoms with E-state index in [1.807, 2.05) is 18.2 Å². The maximum Gasteiger partial charge on any atom is 0.0716 e. The molecule has 0 N–H and O–H groups in total. The lowest BCUT2D eigenvalue weighted by atomic mass is 10.1. The standard InChI is InChI=1S/C14H19BrO2/c15-10-14-7-6-13(17-14)8-9-16-11-12-4-2-1-3-5-12/h1-5,13-14H,6-11H2/t13-,14-/m1/s1.